The standard InChI is InChI=1S/C25H23F2N7O/c1-14-23(25(35)33-7-6-18(13-33)29-2)34(22-9-17-12-32(3)31-21(17)10-20(22)27)24(30-14)15-4-5-16(11-28)19(26)8-15/h4-5,8-10,12,18,29H,6-7,13H2,1-3H3/t18-/m0/s1. The first-order chi connectivity index (χ1) is 16.8. The fourth-order valence-electron chi connectivity index (χ4n) is 4.61. The van der Waals surface area contributed by atoms with Gasteiger partial charge in [0.25, 0.3) is 5.91 Å². The van der Waals surface area contributed by atoms with Crippen molar-refractivity contribution in [1.82, 2.24) is 29.5 Å². The minimum Gasteiger partial charge on any atom is -0.336 e. The molecule has 1 atom stereocenters. The Balaban J connectivity index is 1.74. The number of fused-ring (bicyclic) bond motifs is 1. The first-order valence-corrected chi connectivity index (χ1v) is 11.2. The van der Waals surface area contributed by atoms with Crippen LogP contribution in [0.4, 0.5) is 8.78 Å². The van der Waals surface area contributed by atoms with Crippen molar-refractivity contribution >= 4 is 16.8 Å². The van der Waals surface area contributed by atoms with Crippen molar-refractivity contribution in [2.24, 2.45) is 7.05 Å². The van der Waals surface area contributed by atoms with Gasteiger partial charge in [0.05, 0.1) is 22.5 Å². The minimum atomic E-state index is -0.718. The quantitative estimate of drug-likeness (QED) is 0.489. The van der Waals surface area contributed by atoms with E-state index >= 15 is 4.39 Å². The Labute approximate surface area is 200 Å². The van der Waals surface area contributed by atoms with Crippen LogP contribution in [0.1, 0.15) is 28.2 Å². The number of likely N-dealkylation sites (N-methyl/N-ethyl adjacent to an activating group) is 1. The Kier molecular flexibility index (Phi) is 5.57. The molecule has 3 heterocycles. The number of hydrogen-bond donors (Lipinski definition) is 1. The molecule has 1 N–H and O–H groups in total. The summed E-state index contributed by atoms with van der Waals surface area (Å²) in [6.07, 6.45) is 2.56. The van der Waals surface area contributed by atoms with Gasteiger partial charge in [0.2, 0.25) is 0 Å². The van der Waals surface area contributed by atoms with Crippen molar-refractivity contribution < 1.29 is 13.6 Å². The van der Waals surface area contributed by atoms with Crippen LogP contribution in [-0.2, 0) is 7.05 Å². The molecule has 4 aromatic rings. The lowest BCUT2D eigenvalue weighted by Gasteiger charge is -2.19. The van der Waals surface area contributed by atoms with E-state index in [1.54, 1.807) is 48.0 Å². The Morgan fingerprint density at radius 1 is 1.23 bits per heavy atom. The van der Waals surface area contributed by atoms with Crippen LogP contribution in [0.5, 0.6) is 0 Å². The normalized spacial score (nSPS) is 15.7. The van der Waals surface area contributed by atoms with E-state index in [1.807, 2.05) is 7.05 Å². The third kappa shape index (κ3) is 3.84. The largest absolute Gasteiger partial charge is 0.336 e. The van der Waals surface area contributed by atoms with Gasteiger partial charge in [0, 0.05) is 49.4 Å². The van der Waals surface area contributed by atoms with Gasteiger partial charge in [0.15, 0.2) is 0 Å². The predicted molar refractivity (Wildman–Crippen MR) is 126 cm³/mol. The second-order valence-corrected chi connectivity index (χ2v) is 8.70. The number of aryl methyl sites for hydroxylation is 2. The number of likely N-dealkylation sites (tertiary alicyclic amines) is 1. The van der Waals surface area contributed by atoms with Gasteiger partial charge >= 0.3 is 0 Å². The molecule has 0 radical (unpaired) electrons. The Morgan fingerprint density at radius 3 is 2.71 bits per heavy atom. The molecule has 0 saturated carbocycles. The van der Waals surface area contributed by atoms with Gasteiger partial charge in [-0.25, -0.2) is 13.8 Å². The number of imidazole rings is 1. The van der Waals surface area contributed by atoms with Gasteiger partial charge in [-0.05, 0) is 44.7 Å². The molecular weight excluding hydrogens is 452 g/mol. The molecule has 8 nitrogen and oxygen atoms in total. The van der Waals surface area contributed by atoms with Crippen LogP contribution in [0.25, 0.3) is 28.0 Å². The zero-order valence-electron chi connectivity index (χ0n) is 19.5. The lowest BCUT2D eigenvalue weighted by atomic mass is 10.1. The number of amides is 1. The topological polar surface area (TPSA) is 91.8 Å². The molecular formula is C25H23F2N7O. The molecule has 2 aromatic heterocycles. The average Bonchev–Trinajstić information content (AvgIpc) is 3.54. The van der Waals surface area contributed by atoms with Crippen LogP contribution in [0.3, 0.4) is 0 Å². The number of halogens is 2. The summed E-state index contributed by atoms with van der Waals surface area (Å²) in [5.74, 6) is -1.38. The van der Waals surface area contributed by atoms with E-state index in [9.17, 15) is 9.18 Å². The summed E-state index contributed by atoms with van der Waals surface area (Å²) in [7, 11) is 3.59. The van der Waals surface area contributed by atoms with E-state index < -0.39 is 11.6 Å². The van der Waals surface area contributed by atoms with Gasteiger partial charge in [-0.15, -0.1) is 0 Å². The van der Waals surface area contributed by atoms with Gasteiger partial charge in [-0.2, -0.15) is 10.4 Å². The number of aromatic nitrogens is 4. The molecule has 0 aliphatic carbocycles. The SMILES string of the molecule is CN[C@H]1CCN(C(=O)c2c(C)nc(-c3ccc(C#N)c(F)c3)n2-c2cc3cn(C)nc3cc2F)C1. The van der Waals surface area contributed by atoms with Crippen LogP contribution in [-0.4, -0.2) is 56.3 Å². The van der Waals surface area contributed by atoms with E-state index in [0.29, 0.717) is 35.2 Å². The van der Waals surface area contributed by atoms with Gasteiger partial charge < -0.3 is 10.2 Å². The maximum Gasteiger partial charge on any atom is 0.272 e. The number of benzene rings is 2. The highest BCUT2D eigenvalue weighted by Crippen LogP contribution is 2.32. The predicted octanol–water partition coefficient (Wildman–Crippen LogP) is 3.32. The summed E-state index contributed by atoms with van der Waals surface area (Å²) in [5.41, 5.74) is 1.40. The maximum atomic E-state index is 15.5. The molecule has 1 amide bonds. The van der Waals surface area contributed by atoms with E-state index in [0.717, 1.165) is 6.42 Å². The van der Waals surface area contributed by atoms with Gasteiger partial charge in [-0.1, -0.05) is 0 Å². The van der Waals surface area contributed by atoms with Crippen molar-refractivity contribution in [3.63, 3.8) is 0 Å². The number of nitrogens with zero attached hydrogens (tertiary/aromatic N) is 6. The number of rotatable bonds is 4. The lowest BCUT2D eigenvalue weighted by Crippen LogP contribution is -2.34. The molecule has 35 heavy (non-hydrogen) atoms. The molecule has 5 rings (SSSR count). The van der Waals surface area contributed by atoms with E-state index in [1.165, 1.54) is 22.8 Å². The molecule has 1 aliphatic rings. The molecule has 1 saturated heterocycles. The fourth-order valence-corrected chi connectivity index (χ4v) is 4.61. The summed E-state index contributed by atoms with van der Waals surface area (Å²) in [4.78, 5) is 20.0. The Hall–Kier alpha value is -4.10. The van der Waals surface area contributed by atoms with Crippen LogP contribution in [0, 0.1) is 29.9 Å². The third-order valence-corrected chi connectivity index (χ3v) is 6.41. The second-order valence-electron chi connectivity index (χ2n) is 8.70. The smallest absolute Gasteiger partial charge is 0.272 e. The highest BCUT2D eigenvalue weighted by molar-refractivity contribution is 5.96. The summed E-state index contributed by atoms with van der Waals surface area (Å²) in [5, 5.41) is 17.2. The summed E-state index contributed by atoms with van der Waals surface area (Å²) in [6, 6.07) is 8.96. The molecule has 0 spiro atoms. The Bertz CT molecular complexity index is 1510. The van der Waals surface area contributed by atoms with Crippen molar-refractivity contribution in [2.75, 3.05) is 20.1 Å². The molecule has 1 aliphatic heterocycles. The lowest BCUT2D eigenvalue weighted by molar-refractivity contribution is 0.0781. The van der Waals surface area contributed by atoms with E-state index in [4.69, 9.17) is 5.26 Å². The minimum absolute atomic E-state index is 0.110. The highest BCUT2D eigenvalue weighted by atomic mass is 19.1. The van der Waals surface area contributed by atoms with Crippen LogP contribution >= 0.6 is 0 Å². The molecule has 1 fully saturated rings. The zero-order chi connectivity index (χ0) is 24.9. The van der Waals surface area contributed by atoms with Crippen LogP contribution < -0.4 is 5.32 Å². The highest BCUT2D eigenvalue weighted by Gasteiger charge is 2.32. The monoisotopic (exact) mass is 475 g/mol. The van der Waals surface area contributed by atoms with Gasteiger partial charge in [-0.3, -0.25) is 14.0 Å². The first-order valence-electron chi connectivity index (χ1n) is 11.2. The number of carbonyl (C=O) groups excluding carboxylic acids is 1. The number of nitriles is 1. The molecule has 2 aromatic carbocycles. The van der Waals surface area contributed by atoms with E-state index in [-0.39, 0.29) is 34.7 Å². The number of hydrogen-bond acceptors (Lipinski definition) is 5. The molecule has 10 heteroatoms. The Morgan fingerprint density at radius 2 is 2.03 bits per heavy atom. The van der Waals surface area contributed by atoms with Crippen molar-refractivity contribution in [2.45, 2.75) is 19.4 Å². The first kappa shape index (κ1) is 22.7. The van der Waals surface area contributed by atoms with Crippen molar-refractivity contribution in [3.8, 4) is 23.1 Å². The van der Waals surface area contributed by atoms with Crippen molar-refractivity contribution in [3.05, 3.63) is 65.1 Å². The van der Waals surface area contributed by atoms with Crippen molar-refractivity contribution in [1.29, 1.82) is 5.26 Å². The summed E-state index contributed by atoms with van der Waals surface area (Å²) in [6.45, 7) is 2.75. The molecule has 178 valence electrons. The fraction of sp³-hybridized carbons (Fsp3) is 0.280. The molecule has 0 unspecified atom stereocenters. The molecule has 0 bridgehead atoms. The zero-order valence-corrected chi connectivity index (χ0v) is 19.5. The van der Waals surface area contributed by atoms with Gasteiger partial charge in [0.1, 0.15) is 29.2 Å². The number of nitrogens with one attached hydrogen (secondary N) is 1. The van der Waals surface area contributed by atoms with E-state index in [2.05, 4.69) is 15.4 Å². The third-order valence-electron chi connectivity index (χ3n) is 6.41. The summed E-state index contributed by atoms with van der Waals surface area (Å²) < 4.78 is 33.1. The summed E-state index contributed by atoms with van der Waals surface area (Å²) >= 11 is 0. The van der Waals surface area contributed by atoms with Crippen LogP contribution in [0.15, 0.2) is 36.5 Å². The maximum absolute atomic E-state index is 15.5. The second kappa shape index (κ2) is 8.60. The average molecular weight is 476 g/mol. The van der Waals surface area contributed by atoms with Crippen LogP contribution in [0.2, 0.25) is 0 Å². The number of carbonyl (C=O) groups is 1.